The van der Waals surface area contributed by atoms with Gasteiger partial charge in [0.25, 0.3) is 0 Å². The molecule has 6 rings (SSSR count). The molecule has 32 heavy (non-hydrogen) atoms. The molecule has 1 N–H and O–H groups in total. The Hall–Kier alpha value is -2.23. The standard InChI is InChI=1S/C22H29BrN6O3/c1-15-3-6-27(25-15)5-2-4-24-19(30)12-21-8-16-7-17(9-21)11-22(10-16,14-21)28-13-18(23)20(26-28)29(31)32/h3,6,13,16-17H,2,4-5,7-12,14H2,1H3,(H,24,30). The van der Waals surface area contributed by atoms with Crippen LogP contribution in [0.15, 0.2) is 22.9 Å². The van der Waals surface area contributed by atoms with E-state index in [9.17, 15) is 14.9 Å². The number of aryl methyl sites for hydroxylation is 2. The molecule has 4 saturated carbocycles. The number of hydrogen-bond donors (Lipinski definition) is 1. The van der Waals surface area contributed by atoms with Gasteiger partial charge in [0.15, 0.2) is 0 Å². The lowest BCUT2D eigenvalue weighted by molar-refractivity contribution is -0.390. The van der Waals surface area contributed by atoms with E-state index in [0.717, 1.165) is 50.8 Å². The maximum atomic E-state index is 12.9. The summed E-state index contributed by atoms with van der Waals surface area (Å²) in [5.41, 5.74) is 0.763. The highest BCUT2D eigenvalue weighted by Crippen LogP contribution is 2.65. The third-order valence-corrected chi connectivity index (χ3v) is 8.22. The molecule has 0 aliphatic heterocycles. The molecule has 172 valence electrons. The van der Waals surface area contributed by atoms with Crippen molar-refractivity contribution in [2.75, 3.05) is 6.54 Å². The van der Waals surface area contributed by atoms with E-state index in [2.05, 4.69) is 31.4 Å². The summed E-state index contributed by atoms with van der Waals surface area (Å²) in [7, 11) is 0. The largest absolute Gasteiger partial charge is 0.404 e. The van der Waals surface area contributed by atoms with Gasteiger partial charge in [-0.05, 0) is 96.0 Å². The van der Waals surface area contributed by atoms with Crippen LogP contribution < -0.4 is 5.32 Å². The molecule has 2 heterocycles. The molecule has 4 aliphatic carbocycles. The van der Waals surface area contributed by atoms with Crippen molar-refractivity contribution in [3.8, 4) is 0 Å². The molecule has 2 atom stereocenters. The van der Waals surface area contributed by atoms with Crippen molar-refractivity contribution in [3.63, 3.8) is 0 Å². The molecule has 9 nitrogen and oxygen atoms in total. The van der Waals surface area contributed by atoms with Crippen LogP contribution in [-0.2, 0) is 16.9 Å². The smallest absolute Gasteiger partial charge is 0.358 e. The summed E-state index contributed by atoms with van der Waals surface area (Å²) in [6, 6.07) is 1.98. The van der Waals surface area contributed by atoms with Gasteiger partial charge in [-0.25, -0.2) is 0 Å². The first-order valence-electron chi connectivity index (χ1n) is 11.4. The molecule has 0 radical (unpaired) electrons. The molecular weight excluding hydrogens is 476 g/mol. The Morgan fingerprint density at radius 1 is 1.31 bits per heavy atom. The minimum absolute atomic E-state index is 0.0273. The van der Waals surface area contributed by atoms with Crippen LogP contribution in [-0.4, -0.2) is 36.9 Å². The van der Waals surface area contributed by atoms with Crippen LogP contribution >= 0.6 is 15.9 Å². The predicted octanol–water partition coefficient (Wildman–Crippen LogP) is 3.95. The maximum Gasteiger partial charge on any atom is 0.404 e. The number of nitrogens with zero attached hydrogens (tertiary/aromatic N) is 5. The Balaban J connectivity index is 1.25. The van der Waals surface area contributed by atoms with E-state index in [4.69, 9.17) is 0 Å². The zero-order chi connectivity index (χ0) is 22.5. The molecule has 4 fully saturated rings. The van der Waals surface area contributed by atoms with E-state index >= 15 is 0 Å². The summed E-state index contributed by atoms with van der Waals surface area (Å²) in [5, 5.41) is 23.2. The van der Waals surface area contributed by atoms with Crippen molar-refractivity contribution in [2.45, 2.75) is 70.4 Å². The van der Waals surface area contributed by atoms with Crippen LogP contribution in [0.1, 0.15) is 57.1 Å². The van der Waals surface area contributed by atoms with Crippen molar-refractivity contribution >= 4 is 27.7 Å². The van der Waals surface area contributed by atoms with Crippen LogP contribution in [0.5, 0.6) is 0 Å². The second kappa shape index (κ2) is 7.97. The minimum Gasteiger partial charge on any atom is -0.358 e. The Morgan fingerprint density at radius 3 is 2.69 bits per heavy atom. The summed E-state index contributed by atoms with van der Waals surface area (Å²) in [5.74, 6) is 1.12. The highest BCUT2D eigenvalue weighted by Gasteiger charge is 2.60. The van der Waals surface area contributed by atoms with Crippen molar-refractivity contribution < 1.29 is 9.72 Å². The normalized spacial score (nSPS) is 30.6. The second-order valence-electron chi connectivity index (χ2n) is 10.3. The van der Waals surface area contributed by atoms with Gasteiger partial charge >= 0.3 is 5.82 Å². The van der Waals surface area contributed by atoms with Gasteiger partial charge in [-0.1, -0.05) is 0 Å². The average Bonchev–Trinajstić information content (AvgIpc) is 3.29. The van der Waals surface area contributed by atoms with Crippen LogP contribution in [0.3, 0.4) is 0 Å². The van der Waals surface area contributed by atoms with Gasteiger partial charge in [-0.3, -0.25) is 9.48 Å². The summed E-state index contributed by atoms with van der Waals surface area (Å²) >= 11 is 3.31. The highest BCUT2D eigenvalue weighted by molar-refractivity contribution is 9.10. The number of carbonyl (C=O) groups is 1. The Bertz CT molecular complexity index is 1030. The first-order valence-corrected chi connectivity index (χ1v) is 12.2. The number of rotatable bonds is 8. The lowest BCUT2D eigenvalue weighted by Crippen LogP contribution is -2.57. The van der Waals surface area contributed by atoms with E-state index < -0.39 is 4.92 Å². The fraction of sp³-hybridized carbons (Fsp3) is 0.682. The fourth-order valence-corrected chi connectivity index (χ4v) is 7.46. The monoisotopic (exact) mass is 504 g/mol. The summed E-state index contributed by atoms with van der Waals surface area (Å²) < 4.78 is 4.19. The molecule has 4 bridgehead atoms. The van der Waals surface area contributed by atoms with E-state index in [0.29, 0.717) is 29.3 Å². The second-order valence-corrected chi connectivity index (χ2v) is 11.1. The molecule has 0 spiro atoms. The summed E-state index contributed by atoms with van der Waals surface area (Å²) in [6.45, 7) is 3.40. The van der Waals surface area contributed by atoms with Gasteiger partial charge < -0.3 is 15.4 Å². The fourth-order valence-electron chi connectivity index (χ4n) is 7.05. The minimum atomic E-state index is -0.436. The third-order valence-electron chi connectivity index (χ3n) is 7.66. The first kappa shape index (κ1) is 21.6. The van der Waals surface area contributed by atoms with Crippen molar-refractivity contribution in [2.24, 2.45) is 17.3 Å². The zero-order valence-electron chi connectivity index (χ0n) is 18.3. The average molecular weight is 505 g/mol. The molecule has 4 aliphatic rings. The quantitative estimate of drug-likeness (QED) is 0.332. The Kier molecular flexibility index (Phi) is 5.38. The molecule has 2 aromatic heterocycles. The lowest BCUT2D eigenvalue weighted by Gasteiger charge is -2.61. The van der Waals surface area contributed by atoms with Crippen LogP contribution in [0.2, 0.25) is 0 Å². The van der Waals surface area contributed by atoms with Crippen molar-refractivity contribution in [1.29, 1.82) is 0 Å². The van der Waals surface area contributed by atoms with E-state index in [1.54, 1.807) is 6.20 Å². The van der Waals surface area contributed by atoms with Crippen LogP contribution in [0.4, 0.5) is 5.82 Å². The van der Waals surface area contributed by atoms with Crippen molar-refractivity contribution in [1.82, 2.24) is 24.9 Å². The van der Waals surface area contributed by atoms with Gasteiger partial charge in [-0.2, -0.15) is 9.78 Å². The van der Waals surface area contributed by atoms with E-state index in [-0.39, 0.29) is 22.7 Å². The first-order chi connectivity index (χ1) is 15.3. The number of hydrogen-bond acceptors (Lipinski definition) is 5. The third kappa shape index (κ3) is 3.97. The van der Waals surface area contributed by atoms with Gasteiger partial charge in [-0.15, -0.1) is 0 Å². The SMILES string of the molecule is Cc1ccn(CCCNC(=O)CC23CC4CC(C2)CC(n2cc(Br)c([N+](=O)[O-])n2)(C4)C3)n1. The van der Waals surface area contributed by atoms with Gasteiger partial charge in [0, 0.05) is 25.7 Å². The molecular formula is C22H29BrN6O3. The number of amides is 1. The number of nitro groups is 1. The number of halogens is 1. The number of aromatic nitrogens is 4. The van der Waals surface area contributed by atoms with Crippen LogP contribution in [0.25, 0.3) is 0 Å². The maximum absolute atomic E-state index is 12.9. The van der Waals surface area contributed by atoms with Gasteiger partial charge in [0.2, 0.25) is 5.91 Å². The molecule has 2 unspecified atom stereocenters. The molecule has 10 heteroatoms. The summed E-state index contributed by atoms with van der Waals surface area (Å²) in [6.07, 6.45) is 11.4. The zero-order valence-corrected chi connectivity index (χ0v) is 19.9. The van der Waals surface area contributed by atoms with E-state index in [1.165, 1.54) is 6.42 Å². The van der Waals surface area contributed by atoms with Gasteiger partial charge in [0.05, 0.1) is 22.5 Å². The van der Waals surface area contributed by atoms with E-state index in [1.807, 2.05) is 28.6 Å². The molecule has 0 aromatic carbocycles. The lowest BCUT2D eigenvalue weighted by atomic mass is 9.46. The van der Waals surface area contributed by atoms with Crippen molar-refractivity contribution in [3.05, 3.63) is 38.7 Å². The topological polar surface area (TPSA) is 108 Å². The highest BCUT2D eigenvalue weighted by atomic mass is 79.9. The summed E-state index contributed by atoms with van der Waals surface area (Å²) in [4.78, 5) is 23.8. The predicted molar refractivity (Wildman–Crippen MR) is 121 cm³/mol. The molecule has 1 amide bonds. The molecule has 2 aromatic rings. The van der Waals surface area contributed by atoms with Gasteiger partial charge in [0.1, 0.15) is 4.47 Å². The molecule has 0 saturated heterocycles. The van der Waals surface area contributed by atoms with Crippen LogP contribution in [0, 0.1) is 34.3 Å². The Labute approximate surface area is 195 Å². The number of nitrogens with one attached hydrogen (secondary N) is 1. The number of carbonyl (C=O) groups excluding carboxylic acids is 1. The Morgan fingerprint density at radius 2 is 2.06 bits per heavy atom.